The van der Waals surface area contributed by atoms with Crippen molar-refractivity contribution in [3.05, 3.63) is 29.8 Å². The van der Waals surface area contributed by atoms with Crippen LogP contribution >= 0.6 is 0 Å². The van der Waals surface area contributed by atoms with E-state index >= 15 is 0 Å². The molecule has 5 heteroatoms. The molecule has 1 aromatic rings. The molecule has 3 N–H and O–H groups in total. The number of aliphatic hydroxyl groups is 1. The second-order valence-electron chi connectivity index (χ2n) is 6.21. The summed E-state index contributed by atoms with van der Waals surface area (Å²) in [5.74, 6) is 1.74. The van der Waals surface area contributed by atoms with Gasteiger partial charge in [-0.25, -0.2) is 0 Å². The first-order valence-electron chi connectivity index (χ1n) is 8.18. The first-order valence-corrected chi connectivity index (χ1v) is 8.18. The fourth-order valence-corrected chi connectivity index (χ4v) is 2.89. The van der Waals surface area contributed by atoms with Crippen LogP contribution in [-0.4, -0.2) is 42.4 Å². The molecule has 120 valence electrons. The minimum absolute atomic E-state index is 0.132. The lowest BCUT2D eigenvalue weighted by atomic mass is 9.80. The molecule has 22 heavy (non-hydrogen) atoms. The first kappa shape index (κ1) is 15.2. The van der Waals surface area contributed by atoms with Gasteiger partial charge in [-0.2, -0.15) is 0 Å². The van der Waals surface area contributed by atoms with Gasteiger partial charge in [0.2, 0.25) is 0 Å². The molecule has 0 radical (unpaired) electrons. The number of ether oxygens (including phenoxy) is 1. The van der Waals surface area contributed by atoms with Gasteiger partial charge in [0.05, 0.1) is 18.7 Å². The fraction of sp³-hybridized carbons (Fsp3) is 0.588. The molecule has 1 atom stereocenters. The van der Waals surface area contributed by atoms with Crippen LogP contribution in [-0.2, 0) is 6.42 Å². The molecule has 0 amide bonds. The molecular formula is C17H25N3O2. The summed E-state index contributed by atoms with van der Waals surface area (Å²) in [5.41, 5.74) is 0.683. The van der Waals surface area contributed by atoms with Crippen molar-refractivity contribution in [3.63, 3.8) is 0 Å². The quantitative estimate of drug-likeness (QED) is 0.569. The number of nitrogens with zero attached hydrogens (tertiary/aromatic N) is 1. The largest absolute Gasteiger partial charge is 0.488 e. The number of hydrogen-bond acceptors (Lipinski definition) is 3. The average Bonchev–Trinajstić information content (AvgIpc) is 2.91. The van der Waals surface area contributed by atoms with E-state index < -0.39 is 5.60 Å². The highest BCUT2D eigenvalue weighted by Crippen LogP contribution is 2.31. The van der Waals surface area contributed by atoms with Gasteiger partial charge in [0.1, 0.15) is 11.9 Å². The second kappa shape index (κ2) is 6.57. The van der Waals surface area contributed by atoms with Crippen molar-refractivity contribution in [1.29, 1.82) is 0 Å². The van der Waals surface area contributed by atoms with E-state index in [-0.39, 0.29) is 6.10 Å². The molecule has 1 aliphatic carbocycles. The van der Waals surface area contributed by atoms with Gasteiger partial charge >= 0.3 is 0 Å². The number of para-hydroxylation sites is 1. The van der Waals surface area contributed by atoms with Gasteiger partial charge in [0, 0.05) is 13.0 Å². The maximum absolute atomic E-state index is 10.1. The number of rotatable bonds is 5. The summed E-state index contributed by atoms with van der Waals surface area (Å²) in [4.78, 5) is 4.51. The standard InChI is InChI=1S/C17H25N3O2/c1-2-18-16(20-12-17(21)8-5-9-17)19-11-14-10-13-6-3-4-7-15(13)22-14/h3-4,6-7,14,21H,2,5,8-12H2,1H3,(H2,18,19,20). The molecule has 1 saturated carbocycles. The van der Waals surface area contributed by atoms with Gasteiger partial charge in [-0.15, -0.1) is 0 Å². The zero-order chi connectivity index (χ0) is 15.4. The van der Waals surface area contributed by atoms with E-state index in [1.807, 2.05) is 25.1 Å². The highest BCUT2D eigenvalue weighted by atomic mass is 16.5. The first-order chi connectivity index (χ1) is 10.7. The zero-order valence-electron chi connectivity index (χ0n) is 13.1. The lowest BCUT2D eigenvalue weighted by molar-refractivity contribution is -0.0236. The lowest BCUT2D eigenvalue weighted by Gasteiger charge is -2.35. The van der Waals surface area contributed by atoms with Gasteiger partial charge in [0.15, 0.2) is 5.96 Å². The average molecular weight is 303 g/mol. The van der Waals surface area contributed by atoms with Gasteiger partial charge in [-0.3, -0.25) is 4.99 Å². The SMILES string of the molecule is CCNC(=NCC1(O)CCC1)NCC1Cc2ccccc2O1. The topological polar surface area (TPSA) is 65.9 Å². The summed E-state index contributed by atoms with van der Waals surface area (Å²) in [7, 11) is 0. The molecule has 0 aromatic heterocycles. The Hall–Kier alpha value is -1.75. The van der Waals surface area contributed by atoms with Crippen LogP contribution < -0.4 is 15.4 Å². The van der Waals surface area contributed by atoms with E-state index in [4.69, 9.17) is 4.74 Å². The summed E-state index contributed by atoms with van der Waals surface area (Å²) in [6, 6.07) is 8.17. The summed E-state index contributed by atoms with van der Waals surface area (Å²) >= 11 is 0. The number of guanidine groups is 1. The van der Waals surface area contributed by atoms with Gasteiger partial charge < -0.3 is 20.5 Å². The maximum atomic E-state index is 10.1. The molecule has 1 aromatic carbocycles. The van der Waals surface area contributed by atoms with Crippen LogP contribution in [0.2, 0.25) is 0 Å². The van der Waals surface area contributed by atoms with Crippen molar-refractivity contribution < 1.29 is 9.84 Å². The minimum Gasteiger partial charge on any atom is -0.488 e. The molecule has 0 spiro atoms. The lowest BCUT2D eigenvalue weighted by Crippen LogP contribution is -2.45. The molecule has 1 unspecified atom stereocenters. The molecule has 0 saturated heterocycles. The van der Waals surface area contributed by atoms with Crippen molar-refractivity contribution in [3.8, 4) is 5.75 Å². The van der Waals surface area contributed by atoms with Gasteiger partial charge in [-0.1, -0.05) is 18.2 Å². The molecule has 1 fully saturated rings. The van der Waals surface area contributed by atoms with Crippen LogP contribution in [0.3, 0.4) is 0 Å². The molecule has 1 heterocycles. The number of hydrogen-bond donors (Lipinski definition) is 3. The fourth-order valence-electron chi connectivity index (χ4n) is 2.89. The Kier molecular flexibility index (Phi) is 4.52. The molecule has 0 bridgehead atoms. The van der Waals surface area contributed by atoms with E-state index in [1.54, 1.807) is 0 Å². The van der Waals surface area contributed by atoms with E-state index in [2.05, 4.69) is 21.7 Å². The van der Waals surface area contributed by atoms with Crippen LogP contribution in [0.5, 0.6) is 5.75 Å². The van der Waals surface area contributed by atoms with Crippen LogP contribution in [0.15, 0.2) is 29.3 Å². The minimum atomic E-state index is -0.581. The third-order valence-electron chi connectivity index (χ3n) is 4.37. The van der Waals surface area contributed by atoms with Gasteiger partial charge in [-0.05, 0) is 37.8 Å². The highest BCUT2D eigenvalue weighted by molar-refractivity contribution is 5.79. The van der Waals surface area contributed by atoms with Gasteiger partial charge in [0.25, 0.3) is 0 Å². The second-order valence-corrected chi connectivity index (χ2v) is 6.21. The van der Waals surface area contributed by atoms with Crippen molar-refractivity contribution in [2.24, 2.45) is 4.99 Å². The number of nitrogens with one attached hydrogen (secondary N) is 2. The van der Waals surface area contributed by atoms with Crippen LogP contribution in [0.25, 0.3) is 0 Å². The predicted octanol–water partition coefficient (Wildman–Crippen LogP) is 1.46. The Balaban J connectivity index is 1.51. The normalized spacial score (nSPS) is 22.5. The number of benzene rings is 1. The summed E-state index contributed by atoms with van der Waals surface area (Å²) < 4.78 is 5.92. The van der Waals surface area contributed by atoms with Crippen LogP contribution in [0, 0.1) is 0 Å². The zero-order valence-corrected chi connectivity index (χ0v) is 13.1. The third kappa shape index (κ3) is 3.53. The Labute approximate surface area is 131 Å². The molecule has 3 rings (SSSR count). The molecule has 2 aliphatic rings. The van der Waals surface area contributed by atoms with E-state index in [0.29, 0.717) is 13.1 Å². The summed E-state index contributed by atoms with van der Waals surface area (Å²) in [6.45, 7) is 4.01. The number of aliphatic imine (C=N–C) groups is 1. The predicted molar refractivity (Wildman–Crippen MR) is 87.3 cm³/mol. The van der Waals surface area contributed by atoms with Crippen LogP contribution in [0.4, 0.5) is 0 Å². The van der Waals surface area contributed by atoms with E-state index in [9.17, 15) is 5.11 Å². The van der Waals surface area contributed by atoms with E-state index in [1.165, 1.54) is 5.56 Å². The Morgan fingerprint density at radius 1 is 1.36 bits per heavy atom. The summed E-state index contributed by atoms with van der Waals surface area (Å²) in [5, 5.41) is 16.7. The van der Waals surface area contributed by atoms with Crippen molar-refractivity contribution in [1.82, 2.24) is 10.6 Å². The Bertz CT molecular complexity index is 515. The Morgan fingerprint density at radius 3 is 2.86 bits per heavy atom. The molecule has 1 aliphatic heterocycles. The smallest absolute Gasteiger partial charge is 0.191 e. The molecule has 5 nitrogen and oxygen atoms in total. The maximum Gasteiger partial charge on any atom is 0.191 e. The Morgan fingerprint density at radius 2 is 2.18 bits per heavy atom. The number of fused-ring (bicyclic) bond motifs is 1. The van der Waals surface area contributed by atoms with Crippen molar-refractivity contribution in [2.75, 3.05) is 19.6 Å². The van der Waals surface area contributed by atoms with Crippen LogP contribution in [0.1, 0.15) is 31.7 Å². The summed E-state index contributed by atoms with van der Waals surface area (Å²) in [6.07, 6.45) is 3.87. The van der Waals surface area contributed by atoms with E-state index in [0.717, 1.165) is 43.9 Å². The highest BCUT2D eigenvalue weighted by Gasteiger charge is 2.34. The van der Waals surface area contributed by atoms with Crippen molar-refractivity contribution >= 4 is 5.96 Å². The van der Waals surface area contributed by atoms with Crippen molar-refractivity contribution in [2.45, 2.75) is 44.3 Å². The molecular weight excluding hydrogens is 278 g/mol. The third-order valence-corrected chi connectivity index (χ3v) is 4.37. The monoisotopic (exact) mass is 303 g/mol.